The molecule has 1 aromatic rings. The highest BCUT2D eigenvalue weighted by Crippen LogP contribution is 2.19. The number of benzene rings is 1. The zero-order valence-corrected chi connectivity index (χ0v) is 19.2. The van der Waals surface area contributed by atoms with E-state index in [-0.39, 0.29) is 46.8 Å². The van der Waals surface area contributed by atoms with Crippen molar-refractivity contribution in [2.45, 2.75) is 50.9 Å². The van der Waals surface area contributed by atoms with Crippen LogP contribution in [0.1, 0.15) is 37.7 Å². The second-order valence-electron chi connectivity index (χ2n) is 7.29. The number of nitrogens with zero attached hydrogens (tertiary/aromatic N) is 3. The van der Waals surface area contributed by atoms with Crippen molar-refractivity contribution in [1.29, 1.82) is 0 Å². The van der Waals surface area contributed by atoms with Gasteiger partial charge in [-0.1, -0.05) is 18.2 Å². The summed E-state index contributed by atoms with van der Waals surface area (Å²) in [5, 5.41) is 14.4. The van der Waals surface area contributed by atoms with E-state index in [1.165, 1.54) is 12.5 Å². The molecule has 1 unspecified atom stereocenters. The standard InChI is InChI=1S/C20H30N4O4.HI/c1-21-20(22-14-16-6-2-3-8-19(16)24(25)26)23-11-9-17(10-12-23)28-15-18-7-4-5-13-27-18;/h2-3,6,8,17-18H,4-5,7,9-15H2,1H3,(H,21,22);1H. The second kappa shape index (κ2) is 12.3. The van der Waals surface area contributed by atoms with Gasteiger partial charge in [0.15, 0.2) is 5.96 Å². The Hall–Kier alpha value is -1.46. The Morgan fingerprint density at radius 1 is 1.31 bits per heavy atom. The first-order chi connectivity index (χ1) is 13.7. The molecule has 8 nitrogen and oxygen atoms in total. The molecule has 0 aromatic heterocycles. The van der Waals surface area contributed by atoms with E-state index >= 15 is 0 Å². The van der Waals surface area contributed by atoms with Gasteiger partial charge in [-0.15, -0.1) is 24.0 Å². The summed E-state index contributed by atoms with van der Waals surface area (Å²) in [6, 6.07) is 6.79. The average molecular weight is 518 g/mol. The molecule has 0 radical (unpaired) electrons. The number of rotatable bonds is 6. The molecule has 2 heterocycles. The Morgan fingerprint density at radius 3 is 2.72 bits per heavy atom. The number of guanidine groups is 1. The van der Waals surface area contributed by atoms with E-state index in [9.17, 15) is 10.1 Å². The smallest absolute Gasteiger partial charge is 0.274 e. The number of aliphatic imine (C=N–C) groups is 1. The molecule has 0 saturated carbocycles. The number of nitro groups is 1. The number of nitrogens with one attached hydrogen (secondary N) is 1. The van der Waals surface area contributed by atoms with Crippen molar-refractivity contribution in [1.82, 2.24) is 10.2 Å². The van der Waals surface area contributed by atoms with Gasteiger partial charge in [-0.3, -0.25) is 15.1 Å². The molecule has 9 heteroatoms. The van der Waals surface area contributed by atoms with Crippen molar-refractivity contribution >= 4 is 35.6 Å². The van der Waals surface area contributed by atoms with Crippen molar-refractivity contribution < 1.29 is 14.4 Å². The highest BCUT2D eigenvalue weighted by atomic mass is 127. The number of hydrogen-bond acceptors (Lipinski definition) is 5. The zero-order chi connectivity index (χ0) is 19.8. The van der Waals surface area contributed by atoms with Crippen molar-refractivity contribution in [3.05, 3.63) is 39.9 Å². The number of nitro benzene ring substituents is 1. The normalized spacial score (nSPS) is 20.8. The number of ether oxygens (including phenoxy) is 2. The molecule has 1 N–H and O–H groups in total. The summed E-state index contributed by atoms with van der Waals surface area (Å²) in [6.45, 7) is 3.63. The molecule has 0 bridgehead atoms. The first-order valence-electron chi connectivity index (χ1n) is 10.1. The maximum atomic E-state index is 11.2. The average Bonchev–Trinajstić information content (AvgIpc) is 2.74. The molecular formula is C20H31IN4O4. The van der Waals surface area contributed by atoms with Gasteiger partial charge < -0.3 is 19.7 Å². The van der Waals surface area contributed by atoms with Crippen LogP contribution in [0.15, 0.2) is 29.3 Å². The summed E-state index contributed by atoms with van der Waals surface area (Å²) >= 11 is 0. The fraction of sp³-hybridized carbons (Fsp3) is 0.650. The van der Waals surface area contributed by atoms with Crippen LogP contribution in [0.2, 0.25) is 0 Å². The molecule has 0 aliphatic carbocycles. The van der Waals surface area contributed by atoms with Crippen LogP contribution in [-0.4, -0.2) is 61.3 Å². The lowest BCUT2D eigenvalue weighted by atomic mass is 10.1. The van der Waals surface area contributed by atoms with Crippen molar-refractivity contribution in [3.8, 4) is 0 Å². The van der Waals surface area contributed by atoms with E-state index in [4.69, 9.17) is 9.47 Å². The Bertz CT molecular complexity index is 674. The summed E-state index contributed by atoms with van der Waals surface area (Å²) in [5.74, 6) is 0.771. The highest BCUT2D eigenvalue weighted by molar-refractivity contribution is 14.0. The van der Waals surface area contributed by atoms with Gasteiger partial charge in [0.2, 0.25) is 0 Å². The molecule has 162 valence electrons. The third kappa shape index (κ3) is 7.07. The SMILES string of the molecule is CN=C(NCc1ccccc1[N+](=O)[O-])N1CCC(OCC2CCCCO2)CC1.I. The lowest BCUT2D eigenvalue weighted by Crippen LogP contribution is -2.47. The van der Waals surface area contributed by atoms with E-state index in [1.54, 1.807) is 19.2 Å². The van der Waals surface area contributed by atoms with Crippen LogP contribution in [0.3, 0.4) is 0 Å². The van der Waals surface area contributed by atoms with Gasteiger partial charge in [-0.2, -0.15) is 0 Å². The second-order valence-corrected chi connectivity index (χ2v) is 7.29. The van der Waals surface area contributed by atoms with Crippen LogP contribution >= 0.6 is 24.0 Å². The Balaban J connectivity index is 0.00000300. The van der Waals surface area contributed by atoms with Gasteiger partial charge in [0.05, 0.1) is 23.7 Å². The van der Waals surface area contributed by atoms with E-state index in [0.717, 1.165) is 51.3 Å². The van der Waals surface area contributed by atoms with E-state index < -0.39 is 0 Å². The Morgan fingerprint density at radius 2 is 2.07 bits per heavy atom. The van der Waals surface area contributed by atoms with Crippen LogP contribution in [0.25, 0.3) is 0 Å². The molecule has 0 amide bonds. The van der Waals surface area contributed by atoms with Crippen LogP contribution in [0.5, 0.6) is 0 Å². The van der Waals surface area contributed by atoms with E-state index in [2.05, 4.69) is 15.2 Å². The molecular weight excluding hydrogens is 487 g/mol. The fourth-order valence-electron chi connectivity index (χ4n) is 3.76. The summed E-state index contributed by atoms with van der Waals surface area (Å²) in [5.41, 5.74) is 0.779. The molecule has 2 aliphatic rings. The largest absolute Gasteiger partial charge is 0.376 e. The molecule has 2 aliphatic heterocycles. The van der Waals surface area contributed by atoms with Crippen LogP contribution in [0.4, 0.5) is 5.69 Å². The van der Waals surface area contributed by atoms with Gasteiger partial charge in [0.1, 0.15) is 0 Å². The van der Waals surface area contributed by atoms with Crippen LogP contribution < -0.4 is 5.32 Å². The van der Waals surface area contributed by atoms with Crippen LogP contribution in [-0.2, 0) is 16.0 Å². The molecule has 2 fully saturated rings. The summed E-state index contributed by atoms with van der Waals surface area (Å²) in [6.07, 6.45) is 5.89. The number of likely N-dealkylation sites (tertiary alicyclic amines) is 1. The maximum absolute atomic E-state index is 11.2. The quantitative estimate of drug-likeness (QED) is 0.204. The monoisotopic (exact) mass is 518 g/mol. The van der Waals surface area contributed by atoms with Crippen molar-refractivity contribution in [3.63, 3.8) is 0 Å². The lowest BCUT2D eigenvalue weighted by molar-refractivity contribution is -0.385. The first-order valence-corrected chi connectivity index (χ1v) is 10.1. The number of piperidine rings is 1. The predicted octanol–water partition coefficient (Wildman–Crippen LogP) is 3.34. The summed E-state index contributed by atoms with van der Waals surface area (Å²) in [4.78, 5) is 17.3. The topological polar surface area (TPSA) is 89.2 Å². The Labute approximate surface area is 189 Å². The van der Waals surface area contributed by atoms with Crippen molar-refractivity contribution in [2.24, 2.45) is 4.99 Å². The molecule has 0 spiro atoms. The third-order valence-electron chi connectivity index (χ3n) is 5.37. The first kappa shape index (κ1) is 23.8. The minimum absolute atomic E-state index is 0. The predicted molar refractivity (Wildman–Crippen MR) is 123 cm³/mol. The van der Waals surface area contributed by atoms with Gasteiger partial charge >= 0.3 is 0 Å². The summed E-state index contributed by atoms with van der Waals surface area (Å²) < 4.78 is 11.8. The number of hydrogen-bond donors (Lipinski definition) is 1. The van der Waals surface area contributed by atoms with Crippen LogP contribution in [0, 0.1) is 10.1 Å². The fourth-order valence-corrected chi connectivity index (χ4v) is 3.76. The van der Waals surface area contributed by atoms with Crippen molar-refractivity contribution in [2.75, 3.05) is 33.4 Å². The van der Waals surface area contributed by atoms with Gasteiger partial charge in [0, 0.05) is 44.9 Å². The Kier molecular flexibility index (Phi) is 10.1. The maximum Gasteiger partial charge on any atom is 0.274 e. The molecule has 1 aromatic carbocycles. The lowest BCUT2D eigenvalue weighted by Gasteiger charge is -2.35. The van der Waals surface area contributed by atoms with Gasteiger partial charge in [-0.25, -0.2) is 0 Å². The van der Waals surface area contributed by atoms with E-state index in [0.29, 0.717) is 18.7 Å². The number of para-hydroxylation sites is 1. The molecule has 2 saturated heterocycles. The highest BCUT2D eigenvalue weighted by Gasteiger charge is 2.24. The molecule has 1 atom stereocenters. The number of halogens is 1. The minimum Gasteiger partial charge on any atom is -0.376 e. The van der Waals surface area contributed by atoms with Gasteiger partial charge in [0.25, 0.3) is 5.69 Å². The summed E-state index contributed by atoms with van der Waals surface area (Å²) in [7, 11) is 1.74. The molecule has 3 rings (SSSR count). The van der Waals surface area contributed by atoms with Gasteiger partial charge in [-0.05, 0) is 32.1 Å². The third-order valence-corrected chi connectivity index (χ3v) is 5.37. The minimum atomic E-state index is -0.349. The zero-order valence-electron chi connectivity index (χ0n) is 16.9. The van der Waals surface area contributed by atoms with E-state index in [1.807, 2.05) is 6.07 Å². The molecule has 29 heavy (non-hydrogen) atoms.